The number of fused-ring (bicyclic) bond motifs is 2. The summed E-state index contributed by atoms with van der Waals surface area (Å²) in [6, 6.07) is 8.64. The fourth-order valence-electron chi connectivity index (χ4n) is 4.29. The molecule has 0 unspecified atom stereocenters. The van der Waals surface area contributed by atoms with Crippen molar-refractivity contribution >= 4 is 44.3 Å². The van der Waals surface area contributed by atoms with Gasteiger partial charge in [0.2, 0.25) is 5.91 Å². The summed E-state index contributed by atoms with van der Waals surface area (Å²) in [6.45, 7) is 6.71. The summed E-state index contributed by atoms with van der Waals surface area (Å²) in [6.07, 6.45) is 4.15. The monoisotopic (exact) mass is 434 g/mol. The smallest absolute Gasteiger partial charge is 0.222 e. The third-order valence-electron chi connectivity index (χ3n) is 5.78. The normalized spacial score (nSPS) is 14.4. The van der Waals surface area contributed by atoms with Crippen molar-refractivity contribution < 1.29 is 4.79 Å². The van der Waals surface area contributed by atoms with Crippen LogP contribution in [0.5, 0.6) is 0 Å². The van der Waals surface area contributed by atoms with Gasteiger partial charge in [-0.3, -0.25) is 4.79 Å². The van der Waals surface area contributed by atoms with Gasteiger partial charge in [-0.2, -0.15) is 0 Å². The number of imidazole rings is 1. The molecule has 160 valence electrons. The quantitative estimate of drug-likeness (QED) is 0.426. The SMILES string of the molecule is CC(C)n1c(-c2csc3ccccc23)nc2c(NCCCN3CCCC3=O)ncnc21. The standard InChI is InChI=1S/C23H26N6OS/c1-15(2)29-22(17-13-31-18-8-4-3-7-16(17)18)27-20-21(25-14-26-23(20)29)24-10-6-12-28-11-5-9-19(28)30/h3-4,7-8,13-15H,5-6,9-12H2,1-2H3,(H,24,25,26). The van der Waals surface area contributed by atoms with E-state index >= 15 is 0 Å². The van der Waals surface area contributed by atoms with Crippen molar-refractivity contribution in [2.24, 2.45) is 0 Å². The third kappa shape index (κ3) is 3.65. The molecule has 0 aliphatic carbocycles. The summed E-state index contributed by atoms with van der Waals surface area (Å²) in [4.78, 5) is 27.8. The fourth-order valence-corrected chi connectivity index (χ4v) is 5.22. The van der Waals surface area contributed by atoms with Gasteiger partial charge >= 0.3 is 0 Å². The molecule has 1 aromatic carbocycles. The number of thiophene rings is 1. The molecule has 1 amide bonds. The van der Waals surface area contributed by atoms with Crippen molar-refractivity contribution in [3.05, 3.63) is 36.0 Å². The molecular formula is C23H26N6OS. The number of likely N-dealkylation sites (tertiary alicyclic amines) is 1. The summed E-state index contributed by atoms with van der Waals surface area (Å²) in [5.41, 5.74) is 2.76. The molecule has 0 spiro atoms. The maximum Gasteiger partial charge on any atom is 0.222 e. The Kier molecular flexibility index (Phi) is 5.31. The van der Waals surface area contributed by atoms with E-state index in [-0.39, 0.29) is 11.9 Å². The van der Waals surface area contributed by atoms with Crippen LogP contribution in [-0.2, 0) is 4.79 Å². The number of benzene rings is 1. The average Bonchev–Trinajstić information content (AvgIpc) is 3.47. The molecule has 31 heavy (non-hydrogen) atoms. The highest BCUT2D eigenvalue weighted by Crippen LogP contribution is 2.37. The number of hydrogen-bond acceptors (Lipinski definition) is 6. The predicted molar refractivity (Wildman–Crippen MR) is 125 cm³/mol. The number of aromatic nitrogens is 4. The highest BCUT2D eigenvalue weighted by atomic mass is 32.1. The Morgan fingerprint density at radius 3 is 2.90 bits per heavy atom. The van der Waals surface area contributed by atoms with Crippen molar-refractivity contribution in [3.63, 3.8) is 0 Å². The van der Waals surface area contributed by atoms with E-state index in [9.17, 15) is 4.79 Å². The minimum absolute atomic E-state index is 0.211. The topological polar surface area (TPSA) is 75.9 Å². The van der Waals surface area contributed by atoms with E-state index < -0.39 is 0 Å². The maximum absolute atomic E-state index is 11.8. The van der Waals surface area contributed by atoms with Crippen LogP contribution >= 0.6 is 11.3 Å². The first-order valence-corrected chi connectivity index (χ1v) is 11.7. The Bertz CT molecular complexity index is 1240. The zero-order valence-electron chi connectivity index (χ0n) is 17.8. The van der Waals surface area contributed by atoms with Crippen LogP contribution in [0, 0.1) is 0 Å². The molecule has 3 aromatic heterocycles. The third-order valence-corrected chi connectivity index (χ3v) is 6.75. The lowest BCUT2D eigenvalue weighted by Crippen LogP contribution is -2.27. The lowest BCUT2D eigenvalue weighted by Gasteiger charge is -2.15. The number of nitrogens with one attached hydrogen (secondary N) is 1. The molecule has 1 aliphatic heterocycles. The molecule has 0 saturated carbocycles. The Labute approximate surface area is 185 Å². The Morgan fingerprint density at radius 1 is 1.23 bits per heavy atom. The van der Waals surface area contributed by atoms with Crippen LogP contribution in [0.1, 0.15) is 39.2 Å². The molecule has 0 bridgehead atoms. The number of amides is 1. The van der Waals surface area contributed by atoms with Gasteiger partial charge in [0.25, 0.3) is 0 Å². The summed E-state index contributed by atoms with van der Waals surface area (Å²) >= 11 is 1.74. The van der Waals surface area contributed by atoms with E-state index in [0.717, 1.165) is 60.8 Å². The van der Waals surface area contributed by atoms with Gasteiger partial charge < -0.3 is 14.8 Å². The summed E-state index contributed by atoms with van der Waals surface area (Å²) in [7, 11) is 0. The Balaban J connectivity index is 1.46. The lowest BCUT2D eigenvalue weighted by molar-refractivity contribution is -0.127. The van der Waals surface area contributed by atoms with Gasteiger partial charge in [0, 0.05) is 53.1 Å². The van der Waals surface area contributed by atoms with E-state index in [1.54, 1.807) is 17.7 Å². The second-order valence-corrected chi connectivity index (χ2v) is 9.12. The van der Waals surface area contributed by atoms with Crippen molar-refractivity contribution in [2.75, 3.05) is 25.0 Å². The van der Waals surface area contributed by atoms with Gasteiger partial charge in [-0.1, -0.05) is 18.2 Å². The van der Waals surface area contributed by atoms with Gasteiger partial charge in [-0.15, -0.1) is 11.3 Å². The Morgan fingerprint density at radius 2 is 2.10 bits per heavy atom. The highest BCUT2D eigenvalue weighted by molar-refractivity contribution is 7.17. The van der Waals surface area contributed by atoms with Crippen molar-refractivity contribution in [2.45, 2.75) is 39.2 Å². The molecule has 5 rings (SSSR count). The van der Waals surface area contributed by atoms with E-state index in [1.807, 2.05) is 4.90 Å². The number of rotatable bonds is 7. The molecule has 8 heteroatoms. The van der Waals surface area contributed by atoms with Crippen LogP contribution < -0.4 is 5.32 Å². The molecular weight excluding hydrogens is 408 g/mol. The number of anilines is 1. The van der Waals surface area contributed by atoms with Crippen LogP contribution in [0.25, 0.3) is 32.6 Å². The van der Waals surface area contributed by atoms with Crippen LogP contribution in [0.15, 0.2) is 36.0 Å². The van der Waals surface area contributed by atoms with Crippen LogP contribution in [0.3, 0.4) is 0 Å². The minimum atomic E-state index is 0.211. The van der Waals surface area contributed by atoms with E-state index in [1.165, 1.54) is 10.1 Å². The van der Waals surface area contributed by atoms with Crippen LogP contribution in [0.2, 0.25) is 0 Å². The first-order chi connectivity index (χ1) is 15.1. The van der Waals surface area contributed by atoms with Gasteiger partial charge in [0.15, 0.2) is 17.0 Å². The van der Waals surface area contributed by atoms with Crippen molar-refractivity contribution in [3.8, 4) is 11.4 Å². The second kappa shape index (κ2) is 8.26. The number of carbonyl (C=O) groups is 1. The summed E-state index contributed by atoms with van der Waals surface area (Å²) in [5, 5.41) is 6.82. The molecule has 4 heterocycles. The highest BCUT2D eigenvalue weighted by Gasteiger charge is 2.22. The van der Waals surface area contributed by atoms with Gasteiger partial charge in [-0.05, 0) is 32.8 Å². The molecule has 0 radical (unpaired) electrons. The first kappa shape index (κ1) is 19.9. The van der Waals surface area contributed by atoms with Crippen molar-refractivity contribution in [1.29, 1.82) is 0 Å². The van der Waals surface area contributed by atoms with Gasteiger partial charge in [0.05, 0.1) is 0 Å². The zero-order valence-corrected chi connectivity index (χ0v) is 18.7. The van der Waals surface area contributed by atoms with E-state index in [4.69, 9.17) is 4.98 Å². The molecule has 1 saturated heterocycles. The molecule has 1 N–H and O–H groups in total. The average molecular weight is 435 g/mol. The van der Waals surface area contributed by atoms with Crippen molar-refractivity contribution in [1.82, 2.24) is 24.4 Å². The van der Waals surface area contributed by atoms with E-state index in [0.29, 0.717) is 6.42 Å². The zero-order chi connectivity index (χ0) is 21.4. The second-order valence-electron chi connectivity index (χ2n) is 8.20. The number of nitrogens with zero attached hydrogens (tertiary/aromatic N) is 5. The van der Waals surface area contributed by atoms with Gasteiger partial charge in [0.1, 0.15) is 12.2 Å². The largest absolute Gasteiger partial charge is 0.368 e. The summed E-state index contributed by atoms with van der Waals surface area (Å²) < 4.78 is 3.44. The van der Waals surface area contributed by atoms with Gasteiger partial charge in [-0.25, -0.2) is 15.0 Å². The lowest BCUT2D eigenvalue weighted by atomic mass is 10.1. The molecule has 1 fully saturated rings. The number of carbonyl (C=O) groups excluding carboxylic acids is 1. The molecule has 4 aromatic rings. The van der Waals surface area contributed by atoms with Crippen LogP contribution in [-0.4, -0.2) is 50.0 Å². The summed E-state index contributed by atoms with van der Waals surface area (Å²) in [5.74, 6) is 1.94. The van der Waals surface area contributed by atoms with Crippen LogP contribution in [0.4, 0.5) is 5.82 Å². The van der Waals surface area contributed by atoms with E-state index in [2.05, 4.69) is 63.3 Å². The molecule has 7 nitrogen and oxygen atoms in total. The minimum Gasteiger partial charge on any atom is -0.368 e. The maximum atomic E-state index is 11.8. The fraction of sp³-hybridized carbons (Fsp3) is 0.391. The predicted octanol–water partition coefficient (Wildman–Crippen LogP) is 4.71. The molecule has 0 atom stereocenters. The number of hydrogen-bond donors (Lipinski definition) is 1. The first-order valence-electron chi connectivity index (χ1n) is 10.8. The Hall–Kier alpha value is -3.00. The molecule has 1 aliphatic rings.